The number of hydrogen-bond donors (Lipinski definition) is 1. The Balaban J connectivity index is 2.57. The van der Waals surface area contributed by atoms with Crippen molar-refractivity contribution in [3.05, 3.63) is 59.2 Å². The lowest BCUT2D eigenvalue weighted by molar-refractivity contribution is 0.594. The number of benzene rings is 2. The SMILES string of the molecule is CNCc1cc(C)ccc1S(=O)(=O)c1ccc(C)cc1. The van der Waals surface area contributed by atoms with Crippen molar-refractivity contribution in [3.63, 3.8) is 0 Å². The molecule has 4 heteroatoms. The van der Waals surface area contributed by atoms with Crippen molar-refractivity contribution in [2.45, 2.75) is 30.2 Å². The van der Waals surface area contributed by atoms with E-state index >= 15 is 0 Å². The van der Waals surface area contributed by atoms with E-state index in [2.05, 4.69) is 5.32 Å². The van der Waals surface area contributed by atoms with Crippen molar-refractivity contribution in [2.75, 3.05) is 7.05 Å². The maximum atomic E-state index is 12.7. The van der Waals surface area contributed by atoms with Gasteiger partial charge >= 0.3 is 0 Å². The van der Waals surface area contributed by atoms with E-state index in [0.29, 0.717) is 16.3 Å². The summed E-state index contributed by atoms with van der Waals surface area (Å²) in [6.07, 6.45) is 0. The van der Waals surface area contributed by atoms with Gasteiger partial charge in [-0.2, -0.15) is 0 Å². The van der Waals surface area contributed by atoms with Gasteiger partial charge in [-0.05, 0) is 44.7 Å². The Hall–Kier alpha value is -1.65. The maximum Gasteiger partial charge on any atom is 0.206 e. The van der Waals surface area contributed by atoms with Crippen molar-refractivity contribution in [3.8, 4) is 0 Å². The maximum absolute atomic E-state index is 12.7. The molecule has 0 amide bonds. The number of rotatable bonds is 4. The van der Waals surface area contributed by atoms with Crippen molar-refractivity contribution >= 4 is 9.84 Å². The first-order chi connectivity index (χ1) is 9.45. The summed E-state index contributed by atoms with van der Waals surface area (Å²) in [5.41, 5.74) is 2.90. The lowest BCUT2D eigenvalue weighted by Crippen LogP contribution is -2.12. The van der Waals surface area contributed by atoms with Crippen LogP contribution < -0.4 is 5.32 Å². The van der Waals surface area contributed by atoms with Crippen LogP contribution in [0.4, 0.5) is 0 Å². The molecule has 0 spiro atoms. The van der Waals surface area contributed by atoms with Gasteiger partial charge in [0.25, 0.3) is 0 Å². The Morgan fingerprint density at radius 1 is 0.950 bits per heavy atom. The van der Waals surface area contributed by atoms with Crippen molar-refractivity contribution < 1.29 is 8.42 Å². The molecular formula is C16H19NO2S. The van der Waals surface area contributed by atoms with Gasteiger partial charge in [-0.1, -0.05) is 35.4 Å². The molecule has 0 saturated carbocycles. The van der Waals surface area contributed by atoms with Gasteiger partial charge in [0.2, 0.25) is 9.84 Å². The second kappa shape index (κ2) is 5.77. The van der Waals surface area contributed by atoms with E-state index in [1.165, 1.54) is 0 Å². The molecule has 20 heavy (non-hydrogen) atoms. The quantitative estimate of drug-likeness (QED) is 0.941. The Morgan fingerprint density at radius 3 is 2.15 bits per heavy atom. The Kier molecular flexibility index (Phi) is 4.26. The van der Waals surface area contributed by atoms with Gasteiger partial charge in [-0.25, -0.2) is 8.42 Å². The Bertz CT molecular complexity index is 704. The number of nitrogens with one attached hydrogen (secondary N) is 1. The van der Waals surface area contributed by atoms with E-state index in [1.807, 2.05) is 45.2 Å². The average Bonchev–Trinajstić information content (AvgIpc) is 2.39. The predicted octanol–water partition coefficient (Wildman–Crippen LogP) is 2.86. The lowest BCUT2D eigenvalue weighted by atomic mass is 10.1. The molecule has 0 radical (unpaired) electrons. The Morgan fingerprint density at radius 2 is 1.55 bits per heavy atom. The van der Waals surface area contributed by atoms with E-state index in [0.717, 1.165) is 16.7 Å². The summed E-state index contributed by atoms with van der Waals surface area (Å²) < 4.78 is 25.4. The van der Waals surface area contributed by atoms with Crippen LogP contribution in [0.15, 0.2) is 52.3 Å². The smallest absolute Gasteiger partial charge is 0.206 e. The van der Waals surface area contributed by atoms with Gasteiger partial charge in [0.1, 0.15) is 0 Å². The number of sulfone groups is 1. The molecule has 3 nitrogen and oxygen atoms in total. The molecular weight excluding hydrogens is 270 g/mol. The Labute approximate surface area is 120 Å². The standard InChI is InChI=1S/C16H19NO2S/c1-12-4-7-15(8-5-12)20(18,19)16-9-6-13(2)10-14(16)11-17-3/h4-10,17H,11H2,1-3H3. The fourth-order valence-corrected chi connectivity index (χ4v) is 3.62. The van der Waals surface area contributed by atoms with Crippen LogP contribution in [0.3, 0.4) is 0 Å². The molecule has 0 saturated heterocycles. The molecule has 0 aromatic heterocycles. The molecule has 0 aliphatic heterocycles. The van der Waals surface area contributed by atoms with E-state index < -0.39 is 9.84 Å². The molecule has 2 aromatic rings. The normalized spacial score (nSPS) is 11.6. The monoisotopic (exact) mass is 289 g/mol. The third kappa shape index (κ3) is 2.92. The number of aryl methyl sites for hydroxylation is 2. The van der Waals surface area contributed by atoms with Crippen LogP contribution in [0, 0.1) is 13.8 Å². The fourth-order valence-electron chi connectivity index (χ4n) is 2.14. The highest BCUT2D eigenvalue weighted by atomic mass is 32.2. The highest BCUT2D eigenvalue weighted by Gasteiger charge is 2.20. The zero-order valence-electron chi connectivity index (χ0n) is 12.0. The van der Waals surface area contributed by atoms with Crippen LogP contribution in [0.1, 0.15) is 16.7 Å². The van der Waals surface area contributed by atoms with Crippen LogP contribution in [-0.2, 0) is 16.4 Å². The summed E-state index contributed by atoms with van der Waals surface area (Å²) in [7, 11) is -1.66. The average molecular weight is 289 g/mol. The zero-order chi connectivity index (χ0) is 14.8. The number of hydrogen-bond acceptors (Lipinski definition) is 3. The highest BCUT2D eigenvalue weighted by molar-refractivity contribution is 7.91. The molecule has 0 unspecified atom stereocenters. The first-order valence-electron chi connectivity index (χ1n) is 6.51. The van der Waals surface area contributed by atoms with Crippen molar-refractivity contribution in [2.24, 2.45) is 0 Å². The van der Waals surface area contributed by atoms with Crippen LogP contribution in [0.25, 0.3) is 0 Å². The third-order valence-electron chi connectivity index (χ3n) is 3.20. The lowest BCUT2D eigenvalue weighted by Gasteiger charge is -2.11. The first kappa shape index (κ1) is 14.8. The first-order valence-corrected chi connectivity index (χ1v) is 7.99. The molecule has 106 valence electrons. The van der Waals surface area contributed by atoms with Crippen LogP contribution >= 0.6 is 0 Å². The largest absolute Gasteiger partial charge is 0.316 e. The second-order valence-corrected chi connectivity index (χ2v) is 6.88. The molecule has 0 heterocycles. The molecule has 2 aromatic carbocycles. The minimum Gasteiger partial charge on any atom is -0.316 e. The van der Waals surface area contributed by atoms with E-state index in [9.17, 15) is 8.42 Å². The fraction of sp³-hybridized carbons (Fsp3) is 0.250. The molecule has 0 fully saturated rings. The minimum absolute atomic E-state index is 0.337. The van der Waals surface area contributed by atoms with Gasteiger partial charge in [0.15, 0.2) is 0 Å². The van der Waals surface area contributed by atoms with Crippen LogP contribution in [0.5, 0.6) is 0 Å². The summed E-state index contributed by atoms with van der Waals surface area (Å²) in [6.45, 7) is 4.43. The minimum atomic E-state index is -3.47. The van der Waals surface area contributed by atoms with Gasteiger partial charge < -0.3 is 5.32 Å². The summed E-state index contributed by atoms with van der Waals surface area (Å²) in [4.78, 5) is 0.714. The molecule has 0 aliphatic rings. The van der Waals surface area contributed by atoms with Gasteiger partial charge in [-0.3, -0.25) is 0 Å². The van der Waals surface area contributed by atoms with E-state index in [-0.39, 0.29) is 0 Å². The molecule has 2 rings (SSSR count). The van der Waals surface area contributed by atoms with Crippen LogP contribution in [0.2, 0.25) is 0 Å². The van der Waals surface area contributed by atoms with Gasteiger partial charge in [0.05, 0.1) is 9.79 Å². The highest BCUT2D eigenvalue weighted by Crippen LogP contribution is 2.25. The van der Waals surface area contributed by atoms with Crippen molar-refractivity contribution in [1.82, 2.24) is 5.32 Å². The third-order valence-corrected chi connectivity index (χ3v) is 5.07. The van der Waals surface area contributed by atoms with Gasteiger partial charge in [-0.15, -0.1) is 0 Å². The molecule has 1 N–H and O–H groups in total. The van der Waals surface area contributed by atoms with E-state index in [1.54, 1.807) is 18.2 Å². The van der Waals surface area contributed by atoms with Crippen LogP contribution in [-0.4, -0.2) is 15.5 Å². The topological polar surface area (TPSA) is 46.2 Å². The van der Waals surface area contributed by atoms with Gasteiger partial charge in [0, 0.05) is 6.54 Å². The van der Waals surface area contributed by atoms with E-state index in [4.69, 9.17) is 0 Å². The summed E-state index contributed by atoms with van der Waals surface area (Å²) in [5, 5.41) is 3.02. The summed E-state index contributed by atoms with van der Waals surface area (Å²) >= 11 is 0. The zero-order valence-corrected chi connectivity index (χ0v) is 12.8. The summed E-state index contributed by atoms with van der Waals surface area (Å²) in [6, 6.07) is 12.4. The molecule has 0 aliphatic carbocycles. The molecule has 0 bridgehead atoms. The predicted molar refractivity (Wildman–Crippen MR) is 80.6 cm³/mol. The second-order valence-electron chi connectivity index (χ2n) is 4.96. The van der Waals surface area contributed by atoms with Crippen molar-refractivity contribution in [1.29, 1.82) is 0 Å². The summed E-state index contributed by atoms with van der Waals surface area (Å²) in [5.74, 6) is 0. The molecule has 0 atom stereocenters.